The molecule has 3 rings (SSSR count). The fraction of sp³-hybridized carbons (Fsp3) is 0.438. The predicted molar refractivity (Wildman–Crippen MR) is 88.0 cm³/mol. The van der Waals surface area contributed by atoms with Crippen LogP contribution in [0.5, 0.6) is 0 Å². The van der Waals surface area contributed by atoms with Gasteiger partial charge in [-0.25, -0.2) is 0 Å². The van der Waals surface area contributed by atoms with Gasteiger partial charge in [-0.1, -0.05) is 41.7 Å². The molecular weight excluding hydrogens is 296 g/mol. The summed E-state index contributed by atoms with van der Waals surface area (Å²) in [5.74, 6) is 0.604. The van der Waals surface area contributed by atoms with E-state index in [-0.39, 0.29) is 5.91 Å². The zero-order chi connectivity index (χ0) is 15.2. The van der Waals surface area contributed by atoms with Gasteiger partial charge in [-0.05, 0) is 43.8 Å². The molecule has 116 valence electrons. The van der Waals surface area contributed by atoms with Crippen molar-refractivity contribution in [2.24, 2.45) is 0 Å². The zero-order valence-electron chi connectivity index (χ0n) is 12.4. The van der Waals surface area contributed by atoms with Gasteiger partial charge in [0.15, 0.2) is 0 Å². The number of nitrogens with zero attached hydrogens (tertiary/aromatic N) is 3. The average molecular weight is 316 g/mol. The van der Waals surface area contributed by atoms with Gasteiger partial charge in [0.05, 0.1) is 6.54 Å². The molecule has 2 heterocycles. The highest BCUT2D eigenvalue weighted by Gasteiger charge is 2.20. The van der Waals surface area contributed by atoms with Gasteiger partial charge in [-0.3, -0.25) is 15.0 Å². The minimum Gasteiger partial charge on any atom is -0.299 e. The largest absolute Gasteiger partial charge is 0.299 e. The van der Waals surface area contributed by atoms with Crippen molar-refractivity contribution < 1.29 is 4.79 Å². The summed E-state index contributed by atoms with van der Waals surface area (Å²) in [7, 11) is 0. The van der Waals surface area contributed by atoms with E-state index in [1.807, 2.05) is 0 Å². The summed E-state index contributed by atoms with van der Waals surface area (Å²) in [5, 5.41) is 10.9. The Morgan fingerprint density at radius 3 is 2.91 bits per heavy atom. The number of rotatable bonds is 4. The van der Waals surface area contributed by atoms with E-state index in [9.17, 15) is 4.79 Å². The molecule has 1 aromatic carbocycles. The van der Waals surface area contributed by atoms with Crippen LogP contribution in [-0.4, -0.2) is 40.6 Å². The molecule has 0 bridgehead atoms. The summed E-state index contributed by atoms with van der Waals surface area (Å²) in [6.45, 7) is 2.37. The molecule has 1 saturated heterocycles. The number of carbonyl (C=O) groups excluding carboxylic acids is 1. The Kier molecular flexibility index (Phi) is 5.13. The third-order valence-electron chi connectivity index (χ3n) is 4.07. The van der Waals surface area contributed by atoms with Gasteiger partial charge in [0.25, 0.3) is 0 Å². The Hall–Kier alpha value is -1.79. The molecule has 2 aromatic rings. The molecule has 0 spiro atoms. The molecule has 1 aromatic heterocycles. The summed E-state index contributed by atoms with van der Waals surface area (Å²) in [6.07, 6.45) is 3.43. The SMILES string of the molecule is O=C(CN1CCC[C@@H](c2ccccc2)CC1)Nc1nncs1. The molecule has 1 amide bonds. The van der Waals surface area contributed by atoms with E-state index in [4.69, 9.17) is 0 Å². The first-order chi connectivity index (χ1) is 10.8. The highest BCUT2D eigenvalue weighted by Crippen LogP contribution is 2.27. The molecule has 0 aliphatic carbocycles. The minimum atomic E-state index is -0.00471. The van der Waals surface area contributed by atoms with Crippen molar-refractivity contribution in [1.82, 2.24) is 15.1 Å². The first-order valence-corrected chi connectivity index (χ1v) is 8.52. The molecule has 1 atom stereocenters. The lowest BCUT2D eigenvalue weighted by atomic mass is 9.92. The molecule has 6 heteroatoms. The summed E-state index contributed by atoms with van der Waals surface area (Å²) in [5.41, 5.74) is 3.04. The van der Waals surface area contributed by atoms with E-state index in [1.165, 1.54) is 23.3 Å². The third kappa shape index (κ3) is 4.11. The van der Waals surface area contributed by atoms with E-state index in [0.717, 1.165) is 25.9 Å². The van der Waals surface area contributed by atoms with Crippen LogP contribution < -0.4 is 5.32 Å². The van der Waals surface area contributed by atoms with Crippen molar-refractivity contribution in [3.8, 4) is 0 Å². The number of aromatic nitrogens is 2. The van der Waals surface area contributed by atoms with Crippen LogP contribution in [-0.2, 0) is 4.79 Å². The smallest absolute Gasteiger partial charge is 0.240 e. The Morgan fingerprint density at radius 1 is 1.27 bits per heavy atom. The van der Waals surface area contributed by atoms with E-state index in [2.05, 4.69) is 50.7 Å². The van der Waals surface area contributed by atoms with Gasteiger partial charge in [-0.15, -0.1) is 10.2 Å². The summed E-state index contributed by atoms with van der Waals surface area (Å²) in [6, 6.07) is 10.7. The summed E-state index contributed by atoms with van der Waals surface area (Å²) in [4.78, 5) is 14.3. The second-order valence-electron chi connectivity index (χ2n) is 5.61. The molecule has 1 N–H and O–H groups in total. The Balaban J connectivity index is 1.51. The number of carbonyl (C=O) groups is 1. The summed E-state index contributed by atoms with van der Waals surface area (Å²) < 4.78 is 0. The average Bonchev–Trinajstić information content (AvgIpc) is 2.93. The molecule has 5 nitrogen and oxygen atoms in total. The molecule has 0 radical (unpaired) electrons. The van der Waals surface area contributed by atoms with Crippen molar-refractivity contribution in [2.45, 2.75) is 25.2 Å². The topological polar surface area (TPSA) is 58.1 Å². The van der Waals surface area contributed by atoms with Crippen LogP contribution in [0.2, 0.25) is 0 Å². The fourth-order valence-corrected chi connectivity index (χ4v) is 3.42. The van der Waals surface area contributed by atoms with Crippen molar-refractivity contribution in [3.05, 3.63) is 41.4 Å². The molecule has 22 heavy (non-hydrogen) atoms. The normalized spacial score (nSPS) is 19.5. The molecule has 0 saturated carbocycles. The van der Waals surface area contributed by atoms with Crippen molar-refractivity contribution >= 4 is 22.4 Å². The Bertz CT molecular complexity index is 587. The lowest BCUT2D eigenvalue weighted by Crippen LogP contribution is -2.34. The van der Waals surface area contributed by atoms with Crippen LogP contribution in [0, 0.1) is 0 Å². The first kappa shape index (κ1) is 15.1. The predicted octanol–water partition coefficient (Wildman–Crippen LogP) is 2.75. The number of benzene rings is 1. The highest BCUT2D eigenvalue weighted by atomic mass is 32.1. The lowest BCUT2D eigenvalue weighted by Gasteiger charge is -2.19. The second-order valence-corrected chi connectivity index (χ2v) is 6.44. The maximum Gasteiger partial charge on any atom is 0.240 e. The maximum atomic E-state index is 12.0. The Labute approximate surface area is 134 Å². The van der Waals surface area contributed by atoms with E-state index < -0.39 is 0 Å². The molecule has 0 unspecified atom stereocenters. The number of amides is 1. The Morgan fingerprint density at radius 2 is 2.14 bits per heavy atom. The van der Waals surface area contributed by atoms with Gasteiger partial charge in [-0.2, -0.15) is 0 Å². The van der Waals surface area contributed by atoms with Crippen LogP contribution in [0.15, 0.2) is 35.8 Å². The van der Waals surface area contributed by atoms with Gasteiger partial charge in [0.1, 0.15) is 5.51 Å². The number of anilines is 1. The van der Waals surface area contributed by atoms with Crippen LogP contribution in [0.4, 0.5) is 5.13 Å². The number of likely N-dealkylation sites (tertiary alicyclic amines) is 1. The van der Waals surface area contributed by atoms with Crippen LogP contribution in [0.3, 0.4) is 0 Å². The van der Waals surface area contributed by atoms with Gasteiger partial charge in [0, 0.05) is 0 Å². The van der Waals surface area contributed by atoms with Gasteiger partial charge in [0.2, 0.25) is 11.0 Å². The van der Waals surface area contributed by atoms with Crippen molar-refractivity contribution in [2.75, 3.05) is 25.0 Å². The number of nitrogens with one attached hydrogen (secondary N) is 1. The quantitative estimate of drug-likeness (QED) is 0.942. The van der Waals surface area contributed by atoms with Crippen LogP contribution in [0.25, 0.3) is 0 Å². The standard InChI is InChI=1S/C16H20N4OS/c21-15(18-16-19-17-12-22-16)11-20-9-4-7-14(8-10-20)13-5-2-1-3-6-13/h1-3,5-6,12,14H,4,7-11H2,(H,18,19,21)/t14-/m1/s1. The van der Waals surface area contributed by atoms with E-state index in [1.54, 1.807) is 5.51 Å². The van der Waals surface area contributed by atoms with Gasteiger partial charge < -0.3 is 0 Å². The first-order valence-electron chi connectivity index (χ1n) is 7.64. The van der Waals surface area contributed by atoms with Gasteiger partial charge >= 0.3 is 0 Å². The van der Waals surface area contributed by atoms with E-state index in [0.29, 0.717) is 17.6 Å². The van der Waals surface area contributed by atoms with E-state index >= 15 is 0 Å². The molecule has 1 aliphatic heterocycles. The van der Waals surface area contributed by atoms with Crippen LogP contribution in [0.1, 0.15) is 30.7 Å². The fourth-order valence-electron chi connectivity index (χ4n) is 2.96. The monoisotopic (exact) mass is 316 g/mol. The molecule has 1 aliphatic rings. The molecule has 1 fully saturated rings. The molecular formula is C16H20N4OS. The van der Waals surface area contributed by atoms with Crippen molar-refractivity contribution in [1.29, 1.82) is 0 Å². The maximum absolute atomic E-state index is 12.0. The number of hydrogen-bond donors (Lipinski definition) is 1. The second kappa shape index (κ2) is 7.47. The van der Waals surface area contributed by atoms with Crippen molar-refractivity contribution in [3.63, 3.8) is 0 Å². The number of hydrogen-bond acceptors (Lipinski definition) is 5. The zero-order valence-corrected chi connectivity index (χ0v) is 13.3. The minimum absolute atomic E-state index is 0.00471. The highest BCUT2D eigenvalue weighted by molar-refractivity contribution is 7.13. The van der Waals surface area contributed by atoms with Crippen LogP contribution >= 0.6 is 11.3 Å². The summed E-state index contributed by atoms with van der Waals surface area (Å²) >= 11 is 1.34. The lowest BCUT2D eigenvalue weighted by molar-refractivity contribution is -0.117. The third-order valence-corrected chi connectivity index (χ3v) is 4.67.